The molecule has 0 spiro atoms. The topological polar surface area (TPSA) is 278 Å². The second kappa shape index (κ2) is 18.8. The van der Waals surface area contributed by atoms with E-state index >= 15 is 0 Å². The van der Waals surface area contributed by atoms with Crippen molar-refractivity contribution in [3.63, 3.8) is 0 Å². The van der Waals surface area contributed by atoms with Gasteiger partial charge in [-0.3, -0.25) is 33.6 Å². The predicted octanol–water partition coefficient (Wildman–Crippen LogP) is -0.977. The molecule has 18 heteroatoms. The fourth-order valence-electron chi connectivity index (χ4n) is 5.53. The van der Waals surface area contributed by atoms with Gasteiger partial charge in [0.2, 0.25) is 41.4 Å². The summed E-state index contributed by atoms with van der Waals surface area (Å²) in [6.45, 7) is 18.0. The standard InChI is InChI=1S/C36H64N8O10/c1-13-36(12,32(53)54)43-30(51)34(8,9)42-28(49)24(20(4)5)40-27(48)23-15-14-16-44(23)31(52)35(10,11)41-26(47)21(17-19(2)3)38-25(46)22(18-45)39-29(50)33(6,7)37/h19-24,45H,13-18,37H2,1-12H3,(H,38,46)(H,39,50)(H,40,48)(H,41,47)(H,42,49)(H,43,51)(H,53,54)/t21-,22-,23-,24-,36-/m0/s1. The number of aliphatic hydroxyl groups excluding tert-OH is 1. The maximum Gasteiger partial charge on any atom is 0.329 e. The first-order valence-corrected chi connectivity index (χ1v) is 18.4. The molecule has 1 rings (SSSR count). The van der Waals surface area contributed by atoms with Crippen LogP contribution in [-0.2, 0) is 38.4 Å². The number of hydrogen-bond donors (Lipinski definition) is 9. The van der Waals surface area contributed by atoms with Crippen molar-refractivity contribution in [1.82, 2.24) is 36.8 Å². The Hall–Kier alpha value is -4.32. The summed E-state index contributed by atoms with van der Waals surface area (Å²) in [7, 11) is 0. The molecule has 1 saturated heterocycles. The van der Waals surface area contributed by atoms with Crippen LogP contribution in [0.15, 0.2) is 0 Å². The van der Waals surface area contributed by atoms with E-state index in [9.17, 15) is 48.6 Å². The van der Waals surface area contributed by atoms with Gasteiger partial charge in [-0.15, -0.1) is 0 Å². The molecule has 10 N–H and O–H groups in total. The minimum atomic E-state index is -1.57. The number of nitrogens with two attached hydrogens (primary N) is 1. The first kappa shape index (κ1) is 47.7. The number of aliphatic hydroxyl groups is 1. The summed E-state index contributed by atoms with van der Waals surface area (Å²) in [5, 5.41) is 34.7. The van der Waals surface area contributed by atoms with Crippen LogP contribution in [0, 0.1) is 11.8 Å². The maximum absolute atomic E-state index is 13.9. The van der Waals surface area contributed by atoms with Gasteiger partial charge in [0.15, 0.2) is 0 Å². The summed E-state index contributed by atoms with van der Waals surface area (Å²) >= 11 is 0. The molecule has 54 heavy (non-hydrogen) atoms. The molecule has 1 fully saturated rings. The second-order valence-corrected chi connectivity index (χ2v) is 16.7. The lowest BCUT2D eigenvalue weighted by Gasteiger charge is -2.36. The number of carbonyl (C=O) groups is 8. The van der Waals surface area contributed by atoms with Gasteiger partial charge in [0.1, 0.15) is 40.8 Å². The van der Waals surface area contributed by atoms with E-state index in [2.05, 4.69) is 31.9 Å². The third-order valence-electron chi connectivity index (χ3n) is 9.34. The van der Waals surface area contributed by atoms with Crippen molar-refractivity contribution in [1.29, 1.82) is 0 Å². The molecule has 1 heterocycles. The van der Waals surface area contributed by atoms with Gasteiger partial charge in [0.05, 0.1) is 12.1 Å². The Balaban J connectivity index is 3.14. The van der Waals surface area contributed by atoms with Crippen molar-refractivity contribution in [2.24, 2.45) is 17.6 Å². The monoisotopic (exact) mass is 768 g/mol. The van der Waals surface area contributed by atoms with Gasteiger partial charge in [-0.2, -0.15) is 0 Å². The molecule has 1 aliphatic heterocycles. The van der Waals surface area contributed by atoms with E-state index in [1.807, 2.05) is 13.8 Å². The van der Waals surface area contributed by atoms with Crippen molar-refractivity contribution in [3.8, 4) is 0 Å². The van der Waals surface area contributed by atoms with E-state index in [-0.39, 0.29) is 31.7 Å². The number of amides is 7. The fourth-order valence-corrected chi connectivity index (χ4v) is 5.53. The predicted molar refractivity (Wildman–Crippen MR) is 199 cm³/mol. The summed E-state index contributed by atoms with van der Waals surface area (Å²) in [4.78, 5) is 106. The molecule has 0 aliphatic carbocycles. The largest absolute Gasteiger partial charge is 0.480 e. The summed E-state index contributed by atoms with van der Waals surface area (Å²) < 4.78 is 0. The van der Waals surface area contributed by atoms with Crippen LogP contribution in [0.5, 0.6) is 0 Å². The second-order valence-electron chi connectivity index (χ2n) is 16.7. The van der Waals surface area contributed by atoms with E-state index in [1.165, 1.54) is 53.4 Å². The highest BCUT2D eigenvalue weighted by Gasteiger charge is 2.44. The highest BCUT2D eigenvalue weighted by atomic mass is 16.4. The quantitative estimate of drug-likeness (QED) is 0.0771. The molecule has 1 aliphatic rings. The number of carbonyl (C=O) groups excluding carboxylic acids is 7. The molecular formula is C36H64N8O10. The fraction of sp³-hybridized carbons (Fsp3) is 0.778. The van der Waals surface area contributed by atoms with E-state index in [1.54, 1.807) is 20.8 Å². The molecule has 0 saturated carbocycles. The molecule has 18 nitrogen and oxygen atoms in total. The molecule has 0 aromatic heterocycles. The Labute approximate surface area is 318 Å². The number of aliphatic carboxylic acids is 1. The number of rotatable bonds is 19. The van der Waals surface area contributed by atoms with E-state index in [0.717, 1.165) is 0 Å². The van der Waals surface area contributed by atoms with Crippen LogP contribution in [0.2, 0.25) is 0 Å². The molecule has 0 bridgehead atoms. The smallest absolute Gasteiger partial charge is 0.329 e. The lowest BCUT2D eigenvalue weighted by Crippen LogP contribution is -2.65. The molecule has 5 atom stereocenters. The Morgan fingerprint density at radius 3 is 1.78 bits per heavy atom. The summed E-state index contributed by atoms with van der Waals surface area (Å²) in [6, 6.07) is -4.67. The van der Waals surface area contributed by atoms with E-state index < -0.39 is 106 Å². The van der Waals surface area contributed by atoms with Crippen molar-refractivity contribution in [2.45, 2.75) is 155 Å². The van der Waals surface area contributed by atoms with Crippen LogP contribution in [-0.4, -0.2) is 122 Å². The summed E-state index contributed by atoms with van der Waals surface area (Å²) in [6.07, 6.45) is 0.973. The van der Waals surface area contributed by atoms with Crippen LogP contribution in [0.4, 0.5) is 0 Å². The third-order valence-corrected chi connectivity index (χ3v) is 9.34. The zero-order chi connectivity index (χ0) is 42.1. The van der Waals surface area contributed by atoms with Gasteiger partial charge >= 0.3 is 5.97 Å². The first-order chi connectivity index (χ1) is 24.5. The number of hydrogen-bond acceptors (Lipinski definition) is 10. The maximum atomic E-state index is 13.9. The molecule has 0 unspecified atom stereocenters. The lowest BCUT2D eigenvalue weighted by atomic mass is 9.95. The number of nitrogens with one attached hydrogen (secondary N) is 6. The van der Waals surface area contributed by atoms with Crippen LogP contribution in [0.1, 0.15) is 109 Å². The minimum Gasteiger partial charge on any atom is -0.480 e. The molecule has 0 aromatic carbocycles. The Morgan fingerprint density at radius 2 is 1.31 bits per heavy atom. The van der Waals surface area contributed by atoms with Crippen LogP contribution < -0.4 is 37.6 Å². The molecule has 308 valence electrons. The Bertz CT molecular complexity index is 1420. The SMILES string of the molecule is CC[C@](C)(NC(=O)C(C)(C)NC(=O)[C@@H](NC(=O)[C@@H]1CCCN1C(=O)C(C)(C)NC(=O)[C@H](CC(C)C)NC(=O)[C@H](CO)NC(=O)C(C)(C)N)C(C)C)C(=O)O. The zero-order valence-corrected chi connectivity index (χ0v) is 33.9. The highest BCUT2D eigenvalue weighted by Crippen LogP contribution is 2.23. The van der Waals surface area contributed by atoms with Crippen molar-refractivity contribution >= 4 is 47.3 Å². The van der Waals surface area contributed by atoms with Crippen molar-refractivity contribution in [3.05, 3.63) is 0 Å². The van der Waals surface area contributed by atoms with Crippen molar-refractivity contribution < 1.29 is 48.6 Å². The number of carboxylic acid groups (broad SMARTS) is 1. The van der Waals surface area contributed by atoms with Gasteiger partial charge < -0.3 is 52.7 Å². The highest BCUT2D eigenvalue weighted by molar-refractivity contribution is 5.99. The van der Waals surface area contributed by atoms with Crippen LogP contribution in [0.3, 0.4) is 0 Å². The van der Waals surface area contributed by atoms with E-state index in [0.29, 0.717) is 6.42 Å². The Kier molecular flexibility index (Phi) is 16.6. The average molecular weight is 769 g/mol. The average Bonchev–Trinajstić information content (AvgIpc) is 3.53. The number of likely N-dealkylation sites (tertiary alicyclic amines) is 1. The molecule has 0 aromatic rings. The van der Waals surface area contributed by atoms with Crippen molar-refractivity contribution in [2.75, 3.05) is 13.2 Å². The Morgan fingerprint density at radius 1 is 0.759 bits per heavy atom. The van der Waals surface area contributed by atoms with Gasteiger partial charge in [0, 0.05) is 6.54 Å². The minimum absolute atomic E-state index is 0.0925. The number of nitrogens with zero attached hydrogens (tertiary/aromatic N) is 1. The zero-order valence-electron chi connectivity index (χ0n) is 33.9. The molecule has 0 radical (unpaired) electrons. The lowest BCUT2D eigenvalue weighted by molar-refractivity contribution is -0.148. The van der Waals surface area contributed by atoms with Gasteiger partial charge in [-0.1, -0.05) is 34.6 Å². The molecular weight excluding hydrogens is 704 g/mol. The van der Waals surface area contributed by atoms with E-state index in [4.69, 9.17) is 5.73 Å². The molecule has 7 amide bonds. The summed E-state index contributed by atoms with van der Waals surface area (Å²) in [5.41, 5.74) is -0.236. The van der Waals surface area contributed by atoms with Gasteiger partial charge in [0.25, 0.3) is 0 Å². The first-order valence-electron chi connectivity index (χ1n) is 18.4. The van der Waals surface area contributed by atoms with Gasteiger partial charge in [-0.25, -0.2) is 4.79 Å². The summed E-state index contributed by atoms with van der Waals surface area (Å²) in [5.74, 6) is -6.65. The van der Waals surface area contributed by atoms with Crippen LogP contribution in [0.25, 0.3) is 0 Å². The third kappa shape index (κ3) is 12.9. The normalized spacial score (nSPS) is 17.8. The van der Waals surface area contributed by atoms with Gasteiger partial charge in [-0.05, 0) is 86.0 Å². The van der Waals surface area contributed by atoms with Crippen LogP contribution >= 0.6 is 0 Å². The number of carboxylic acids is 1.